The van der Waals surface area contributed by atoms with Gasteiger partial charge in [0.05, 0.1) is 25.3 Å². The maximum atomic E-state index is 13.6. The molecule has 2 aromatic carbocycles. The SMILES string of the molecule is COC(=O)c1cc(COc2c(OC)cccc2C(N)=O)ccc1F. The number of ether oxygens (including phenoxy) is 3. The molecule has 0 spiro atoms. The van der Waals surface area contributed by atoms with E-state index in [9.17, 15) is 14.0 Å². The summed E-state index contributed by atoms with van der Waals surface area (Å²) >= 11 is 0. The Hall–Kier alpha value is -3.09. The van der Waals surface area contributed by atoms with Crippen LogP contribution in [0.2, 0.25) is 0 Å². The number of hydrogen-bond donors (Lipinski definition) is 1. The van der Waals surface area contributed by atoms with Gasteiger partial charge in [0.15, 0.2) is 11.5 Å². The van der Waals surface area contributed by atoms with Crippen LogP contribution in [0.1, 0.15) is 26.3 Å². The summed E-state index contributed by atoms with van der Waals surface area (Å²) in [5.74, 6) is -1.64. The Bertz CT molecular complexity index is 776. The van der Waals surface area contributed by atoms with Crippen molar-refractivity contribution in [3.05, 3.63) is 58.9 Å². The molecule has 0 aliphatic heterocycles. The lowest BCUT2D eigenvalue weighted by Crippen LogP contribution is -2.14. The summed E-state index contributed by atoms with van der Waals surface area (Å²) < 4.78 is 28.9. The first-order chi connectivity index (χ1) is 11.5. The second-order valence-corrected chi connectivity index (χ2v) is 4.80. The van der Waals surface area contributed by atoms with Gasteiger partial charge < -0.3 is 19.9 Å². The summed E-state index contributed by atoms with van der Waals surface area (Å²) in [5.41, 5.74) is 5.79. The molecule has 0 fully saturated rings. The van der Waals surface area contributed by atoms with Crippen LogP contribution in [0.15, 0.2) is 36.4 Å². The van der Waals surface area contributed by atoms with E-state index in [2.05, 4.69) is 4.74 Å². The van der Waals surface area contributed by atoms with Crippen LogP contribution in [-0.4, -0.2) is 26.1 Å². The van der Waals surface area contributed by atoms with E-state index in [1.54, 1.807) is 12.1 Å². The van der Waals surface area contributed by atoms with E-state index in [0.29, 0.717) is 11.3 Å². The van der Waals surface area contributed by atoms with Crippen molar-refractivity contribution in [3.63, 3.8) is 0 Å². The molecule has 7 heteroatoms. The minimum absolute atomic E-state index is 0.0229. The zero-order valence-electron chi connectivity index (χ0n) is 13.2. The smallest absolute Gasteiger partial charge is 0.340 e. The molecule has 2 N–H and O–H groups in total. The van der Waals surface area contributed by atoms with Crippen LogP contribution in [0.4, 0.5) is 4.39 Å². The maximum Gasteiger partial charge on any atom is 0.340 e. The van der Waals surface area contributed by atoms with E-state index in [4.69, 9.17) is 15.2 Å². The van der Waals surface area contributed by atoms with Gasteiger partial charge in [0, 0.05) is 0 Å². The molecular formula is C17H16FNO5. The molecule has 6 nitrogen and oxygen atoms in total. The number of carbonyl (C=O) groups excluding carboxylic acids is 2. The molecule has 0 saturated heterocycles. The van der Waals surface area contributed by atoms with Crippen molar-refractivity contribution >= 4 is 11.9 Å². The first-order valence-electron chi connectivity index (χ1n) is 6.94. The molecule has 0 heterocycles. The van der Waals surface area contributed by atoms with Gasteiger partial charge in [-0.05, 0) is 29.8 Å². The van der Waals surface area contributed by atoms with E-state index in [1.807, 2.05) is 0 Å². The summed E-state index contributed by atoms with van der Waals surface area (Å²) in [5, 5.41) is 0. The third-order valence-electron chi connectivity index (χ3n) is 3.28. The van der Waals surface area contributed by atoms with Crippen molar-refractivity contribution in [2.24, 2.45) is 5.73 Å². The van der Waals surface area contributed by atoms with E-state index in [-0.39, 0.29) is 23.5 Å². The number of primary amides is 1. The molecule has 0 bridgehead atoms. The number of hydrogen-bond acceptors (Lipinski definition) is 5. The van der Waals surface area contributed by atoms with E-state index in [1.165, 1.54) is 32.4 Å². The molecule has 2 rings (SSSR count). The van der Waals surface area contributed by atoms with E-state index in [0.717, 1.165) is 6.07 Å². The van der Waals surface area contributed by atoms with Crippen LogP contribution in [0.3, 0.4) is 0 Å². The maximum absolute atomic E-state index is 13.6. The van der Waals surface area contributed by atoms with Crippen LogP contribution >= 0.6 is 0 Å². The minimum atomic E-state index is -0.788. The fourth-order valence-electron chi connectivity index (χ4n) is 2.10. The highest BCUT2D eigenvalue weighted by Gasteiger charge is 2.16. The van der Waals surface area contributed by atoms with Crippen LogP contribution in [0, 0.1) is 5.82 Å². The lowest BCUT2D eigenvalue weighted by molar-refractivity contribution is 0.0595. The zero-order chi connectivity index (χ0) is 17.7. The van der Waals surface area contributed by atoms with Crippen LogP contribution in [-0.2, 0) is 11.3 Å². The van der Waals surface area contributed by atoms with Gasteiger partial charge in [-0.2, -0.15) is 0 Å². The number of esters is 1. The van der Waals surface area contributed by atoms with Crippen LogP contribution in [0.25, 0.3) is 0 Å². The van der Waals surface area contributed by atoms with Crippen molar-refractivity contribution in [1.82, 2.24) is 0 Å². The summed E-state index contributed by atoms with van der Waals surface area (Å²) in [6, 6.07) is 8.65. The predicted octanol–water partition coefficient (Wildman–Crippen LogP) is 2.30. The van der Waals surface area contributed by atoms with Gasteiger partial charge in [-0.15, -0.1) is 0 Å². The Morgan fingerprint density at radius 1 is 1.12 bits per heavy atom. The highest BCUT2D eigenvalue weighted by atomic mass is 19.1. The molecule has 24 heavy (non-hydrogen) atoms. The van der Waals surface area contributed by atoms with Gasteiger partial charge in [-0.3, -0.25) is 4.79 Å². The number of rotatable bonds is 6. The molecule has 0 radical (unpaired) electrons. The first-order valence-corrected chi connectivity index (χ1v) is 6.94. The number of carbonyl (C=O) groups is 2. The summed E-state index contributed by atoms with van der Waals surface area (Å²) in [6.07, 6.45) is 0. The summed E-state index contributed by atoms with van der Waals surface area (Å²) in [7, 11) is 2.60. The number of amides is 1. The molecule has 0 saturated carbocycles. The predicted molar refractivity (Wildman–Crippen MR) is 83.6 cm³/mol. The number of nitrogens with two attached hydrogens (primary N) is 1. The van der Waals surface area contributed by atoms with Crippen molar-refractivity contribution < 1.29 is 28.2 Å². The van der Waals surface area contributed by atoms with Crippen molar-refractivity contribution in [3.8, 4) is 11.5 Å². The van der Waals surface area contributed by atoms with Crippen LogP contribution in [0.5, 0.6) is 11.5 Å². The van der Waals surface area contributed by atoms with Gasteiger partial charge in [0.1, 0.15) is 12.4 Å². The zero-order valence-corrected chi connectivity index (χ0v) is 13.2. The standard InChI is InChI=1S/C17H16FNO5/c1-22-14-5-3-4-11(16(19)20)15(14)24-9-10-6-7-13(18)12(8-10)17(21)23-2/h3-8H,9H2,1-2H3,(H2,19,20). The molecule has 1 amide bonds. The van der Waals surface area contributed by atoms with Crippen molar-refractivity contribution in [2.45, 2.75) is 6.61 Å². The molecule has 2 aromatic rings. The van der Waals surface area contributed by atoms with E-state index >= 15 is 0 Å². The Kier molecular flexibility index (Phi) is 5.36. The van der Waals surface area contributed by atoms with Gasteiger partial charge in [-0.1, -0.05) is 12.1 Å². The molecule has 126 valence electrons. The first kappa shape index (κ1) is 17.3. The Morgan fingerprint density at radius 3 is 2.50 bits per heavy atom. The molecule has 0 atom stereocenters. The van der Waals surface area contributed by atoms with Crippen molar-refractivity contribution in [1.29, 1.82) is 0 Å². The number of methoxy groups -OCH3 is 2. The second-order valence-electron chi connectivity index (χ2n) is 4.80. The van der Waals surface area contributed by atoms with Crippen LogP contribution < -0.4 is 15.2 Å². The number of benzene rings is 2. The molecule has 0 unspecified atom stereocenters. The number of halogens is 1. The summed E-state index contributed by atoms with van der Waals surface area (Å²) in [4.78, 5) is 23.0. The quantitative estimate of drug-likeness (QED) is 0.820. The number of para-hydroxylation sites is 1. The van der Waals surface area contributed by atoms with Crippen molar-refractivity contribution in [2.75, 3.05) is 14.2 Å². The molecule has 0 aliphatic carbocycles. The lowest BCUT2D eigenvalue weighted by Gasteiger charge is -2.14. The average molecular weight is 333 g/mol. The molecular weight excluding hydrogens is 317 g/mol. The Balaban J connectivity index is 2.29. The van der Waals surface area contributed by atoms with Gasteiger partial charge in [0.25, 0.3) is 5.91 Å². The fraction of sp³-hybridized carbons (Fsp3) is 0.176. The highest BCUT2D eigenvalue weighted by molar-refractivity contribution is 5.96. The third-order valence-corrected chi connectivity index (χ3v) is 3.28. The topological polar surface area (TPSA) is 87.8 Å². The minimum Gasteiger partial charge on any atom is -0.493 e. The average Bonchev–Trinajstić information content (AvgIpc) is 2.59. The monoisotopic (exact) mass is 333 g/mol. The largest absolute Gasteiger partial charge is 0.493 e. The molecule has 0 aliphatic rings. The Morgan fingerprint density at radius 2 is 1.88 bits per heavy atom. The fourth-order valence-corrected chi connectivity index (χ4v) is 2.10. The normalized spacial score (nSPS) is 10.1. The Labute approximate surface area is 137 Å². The van der Waals surface area contributed by atoms with Gasteiger partial charge in [-0.25, -0.2) is 9.18 Å². The lowest BCUT2D eigenvalue weighted by atomic mass is 10.1. The summed E-state index contributed by atoms with van der Waals surface area (Å²) in [6.45, 7) is -0.0229. The van der Waals surface area contributed by atoms with Gasteiger partial charge >= 0.3 is 5.97 Å². The van der Waals surface area contributed by atoms with E-state index < -0.39 is 17.7 Å². The highest BCUT2D eigenvalue weighted by Crippen LogP contribution is 2.31. The molecule has 0 aromatic heterocycles. The third kappa shape index (κ3) is 3.62. The second kappa shape index (κ2) is 7.45. The van der Waals surface area contributed by atoms with Gasteiger partial charge in [0.2, 0.25) is 0 Å².